The molecule has 0 saturated carbocycles. The number of para-hydroxylation sites is 10. The van der Waals surface area contributed by atoms with Crippen molar-refractivity contribution >= 4 is 329 Å². The molecule has 140 heavy (non-hydrogen) atoms. The van der Waals surface area contributed by atoms with E-state index in [9.17, 15) is 21.0 Å². The van der Waals surface area contributed by atoms with Crippen LogP contribution in [-0.4, -0.2) is 138 Å². The van der Waals surface area contributed by atoms with Crippen LogP contribution in [0.4, 0.5) is 63.7 Å². The average Bonchev–Trinajstić information content (AvgIpc) is 1.57. The number of aromatic nitrogens is 4. The predicted octanol–water partition coefficient (Wildman–Crippen LogP) is 21.5. The van der Waals surface area contributed by atoms with Gasteiger partial charge in [0.25, 0.3) is 0 Å². The molecular weight excluding hydrogens is 2240 g/mol. The number of anilines is 12. The number of benzene rings is 14. The first-order chi connectivity index (χ1) is 69.2. The molecule has 8 aromatic heterocycles. The summed E-state index contributed by atoms with van der Waals surface area (Å²) < 4.78 is 21.0. The van der Waals surface area contributed by atoms with Crippen molar-refractivity contribution in [1.29, 1.82) is 21.0 Å². The summed E-state index contributed by atoms with van der Waals surface area (Å²) in [4.78, 5) is 28.6. The van der Waals surface area contributed by atoms with Crippen molar-refractivity contribution < 1.29 is 0 Å². The molecule has 0 aliphatic carbocycles. The zero-order chi connectivity index (χ0) is 93.9. The third-order valence-corrected chi connectivity index (χ3v) is 42.3. The molecule has 0 spiro atoms. The molecule has 0 fully saturated rings. The van der Waals surface area contributed by atoms with Crippen molar-refractivity contribution in [2.45, 2.75) is 0 Å². The Hall–Kier alpha value is -14.6. The number of pyridine rings is 4. The van der Waals surface area contributed by atoms with Gasteiger partial charge in [-0.05, 0) is 0 Å². The minimum atomic E-state index is 0.0549. The molecule has 12 heterocycles. The topological polar surface area (TPSA) is 160 Å². The van der Waals surface area contributed by atoms with E-state index < -0.39 is 0 Å². The second-order valence-corrected chi connectivity index (χ2v) is 51.0. The second-order valence-electron chi connectivity index (χ2n) is 32.7. The van der Waals surface area contributed by atoms with Gasteiger partial charge in [-0.3, -0.25) is 0 Å². The van der Waals surface area contributed by atoms with Gasteiger partial charge in [0, 0.05) is 0 Å². The molecule has 0 N–H and O–H groups in total. The Morgan fingerprint density at radius 2 is 0.514 bits per heavy atom. The fraction of sp³-hybridized carbons (Fsp3) is 0. The van der Waals surface area contributed by atoms with Crippen LogP contribution in [0.5, 0.6) is 0 Å². The summed E-state index contributed by atoms with van der Waals surface area (Å²) in [5.74, 6) is 0. The van der Waals surface area contributed by atoms with Crippen molar-refractivity contribution in [3.8, 4) is 24.3 Å². The van der Waals surface area contributed by atoms with Gasteiger partial charge in [0.15, 0.2) is 0 Å². The van der Waals surface area contributed by atoms with Gasteiger partial charge in [0.05, 0.1) is 0 Å². The fourth-order valence-corrected chi connectivity index (χ4v) is 35.0. The Balaban J connectivity index is 0.000000104. The quantitative estimate of drug-likeness (QED) is 0.0648. The van der Waals surface area contributed by atoms with E-state index in [-0.39, 0.29) is 58.0 Å². The van der Waals surface area contributed by atoms with Crippen LogP contribution in [0.2, 0.25) is 0 Å². The van der Waals surface area contributed by atoms with Gasteiger partial charge in [-0.15, -0.1) is 0 Å². The maximum absolute atomic E-state index is 10.2. The fourth-order valence-electron chi connectivity index (χ4n) is 17.9. The van der Waals surface area contributed by atoms with Gasteiger partial charge in [0.1, 0.15) is 0 Å². The first-order valence-electron chi connectivity index (χ1n) is 45.0. The van der Waals surface area contributed by atoms with Crippen molar-refractivity contribution in [2.75, 3.05) is 19.6 Å². The Morgan fingerprint density at radius 3 is 0.929 bits per heavy atom. The number of allylic oxidation sites excluding steroid dienone is 4. The van der Waals surface area contributed by atoms with E-state index in [4.69, 9.17) is 15.0 Å². The molecule has 12 nitrogen and oxygen atoms in total. The van der Waals surface area contributed by atoms with Crippen molar-refractivity contribution in [3.05, 3.63) is 453 Å². The molecule has 22 aromatic rings. The van der Waals surface area contributed by atoms with Crippen molar-refractivity contribution in [3.63, 3.8) is 0 Å². The molecule has 0 radical (unpaired) electrons. The Morgan fingerprint density at radius 1 is 0.221 bits per heavy atom. The number of hydrogen-bond donors (Lipinski definition) is 0. The molecule has 20 heteroatoms. The molecule has 26 rings (SSSR count). The second kappa shape index (κ2) is 40.1. The predicted molar refractivity (Wildman–Crippen MR) is 588 cm³/mol. The van der Waals surface area contributed by atoms with E-state index in [0.717, 1.165) is 87.7 Å². The van der Waals surface area contributed by atoms with E-state index in [2.05, 4.69) is 340 Å². The zero-order valence-electron chi connectivity index (χ0n) is 74.2. The van der Waals surface area contributed by atoms with E-state index in [1.54, 1.807) is 12.4 Å². The first kappa shape index (κ1) is 89.4. The third kappa shape index (κ3) is 17.8. The molecular formula is C120H72N12Se8. The first-order valence-corrected chi connectivity index (χ1v) is 58.7. The SMILES string of the molecule is N#C/C(=C\c1ccc(N2c3ccccc3[Se]c3ccccc32)[se]1)c1ccc2ccccc2n1.N#C/C(=C\c1ccc(N2c3ccccc3[Se]c3ccccc32)[se]1)c1nc2ccccc2c2ccccc12.N#C/C(=C\c1ccc(N2c3ccccc3[Se]c3ccccc32)[se]1)c1nccc2ccc3ccccc3c12.N#C/C(=C\c1ccc(N2c3ccccc3[Se]c3ccccc32)[se]1)c1nccc2ccccc12. The van der Waals surface area contributed by atoms with Crippen molar-refractivity contribution in [2.24, 2.45) is 0 Å². The van der Waals surface area contributed by atoms with Gasteiger partial charge in [-0.25, -0.2) is 0 Å². The molecule has 0 saturated heterocycles. The number of nitrogens with zero attached hydrogens (tertiary/aromatic N) is 12. The van der Waals surface area contributed by atoms with E-state index in [1.807, 2.05) is 133 Å². The summed E-state index contributed by atoms with van der Waals surface area (Å²) in [6, 6.07) is 150. The summed E-state index contributed by atoms with van der Waals surface area (Å²) in [6.45, 7) is 0. The van der Waals surface area contributed by atoms with Crippen LogP contribution in [0.3, 0.4) is 0 Å². The molecule has 0 unspecified atom stereocenters. The maximum atomic E-state index is 10.2. The Labute approximate surface area is 858 Å². The monoisotopic (exact) mass is 2320 g/mol. The van der Waals surface area contributed by atoms with Gasteiger partial charge in [-0.2, -0.15) is 0 Å². The molecule has 4 aliphatic heterocycles. The standard InChI is InChI=1S/2C32H19N3Se2.2C28H17N3Se2/c33-20-23(32-31-22(17-18-34-32)14-13-21-7-1-2-8-25(21)31)19-24-15-16-30(36-24)35-26-9-3-5-11-28(26)37-29-12-6-4-10-27(29)35;33-20-21(32-25-11-2-1-9-23(25)24-10-3-4-12-26(24)34-32)19-22-17-18-31(36-22)35-27-13-5-7-15-29(27)37-30-16-8-6-14-28(30)35;29-18-20(23-15-13-19-7-1-2-8-22(19)30-23)17-21-14-16-28(32-21)31-24-9-3-5-11-26(24)33-27-12-6-4-10-25(27)31;29-18-20(28-22-8-2-1-7-19(22)15-16-30-28)17-21-13-14-27(32-21)31-23-9-3-5-11-25(23)33-26-12-6-4-10-24(26)31/h2*1-19H;2*1-17H/b23-19+;21-19+;2*20-17+. The van der Waals surface area contributed by atoms with Crippen LogP contribution >= 0.6 is 0 Å². The van der Waals surface area contributed by atoms with Crippen LogP contribution in [0.15, 0.2) is 413 Å². The summed E-state index contributed by atoms with van der Waals surface area (Å²) in [5, 5.41) is 51.2. The van der Waals surface area contributed by atoms with Crippen molar-refractivity contribution in [1.82, 2.24) is 19.9 Å². The van der Waals surface area contributed by atoms with E-state index in [0.29, 0.717) is 82.1 Å². The van der Waals surface area contributed by atoms with E-state index in [1.165, 1.54) is 117 Å². The van der Waals surface area contributed by atoms with Gasteiger partial charge in [0.2, 0.25) is 0 Å². The number of hydrogen-bond acceptors (Lipinski definition) is 12. The van der Waals surface area contributed by atoms with Crippen LogP contribution in [0.25, 0.3) is 111 Å². The molecule has 14 aromatic carbocycles. The number of rotatable bonds is 12. The Bertz CT molecular complexity index is 8640. The minimum absolute atomic E-state index is 0.0549. The molecule has 4 aliphatic rings. The van der Waals surface area contributed by atoms with Gasteiger partial charge >= 0.3 is 867 Å². The zero-order valence-corrected chi connectivity index (χ0v) is 87.9. The molecule has 660 valence electrons. The van der Waals surface area contributed by atoms with E-state index >= 15 is 0 Å². The summed E-state index contributed by atoms with van der Waals surface area (Å²) in [7, 11) is 0. The van der Waals surface area contributed by atoms with Crippen LogP contribution in [0.1, 0.15) is 40.5 Å². The Kier molecular flexibility index (Phi) is 25.6. The molecule has 0 amide bonds. The van der Waals surface area contributed by atoms with Crippen LogP contribution < -0.4 is 55.3 Å². The summed E-state index contributed by atoms with van der Waals surface area (Å²) in [5.41, 5.74) is 17.4. The normalized spacial score (nSPS) is 12.8. The van der Waals surface area contributed by atoms with Gasteiger partial charge < -0.3 is 0 Å². The van der Waals surface area contributed by atoms with Gasteiger partial charge in [-0.1, -0.05) is 0 Å². The number of fused-ring (bicyclic) bond motifs is 16. The summed E-state index contributed by atoms with van der Waals surface area (Å²) in [6.07, 6.45) is 11.7. The molecule has 0 atom stereocenters. The van der Waals surface area contributed by atoms with Crippen LogP contribution in [-0.2, 0) is 0 Å². The average molecular weight is 2310 g/mol. The van der Waals surface area contributed by atoms with Crippen LogP contribution in [0, 0.1) is 45.3 Å². The number of nitriles is 4. The third-order valence-electron chi connectivity index (χ3n) is 24.3. The summed E-state index contributed by atoms with van der Waals surface area (Å²) >= 11 is 1.48. The molecule has 0 bridgehead atoms.